The van der Waals surface area contributed by atoms with Gasteiger partial charge in [0.05, 0.1) is 10.5 Å². The van der Waals surface area contributed by atoms with E-state index in [2.05, 4.69) is 0 Å². The number of nitro groups is 1. The van der Waals surface area contributed by atoms with Crippen molar-refractivity contribution in [3.8, 4) is 0 Å². The summed E-state index contributed by atoms with van der Waals surface area (Å²) < 4.78 is 0. The smallest absolute Gasteiger partial charge is 0.276 e. The zero-order chi connectivity index (χ0) is 16.2. The van der Waals surface area contributed by atoms with E-state index in [9.17, 15) is 14.9 Å². The molecule has 0 fully saturated rings. The average molecular weight is 303 g/mol. The molecule has 0 spiro atoms. The Hall–Kier alpha value is -3.27. The number of hydrogen-bond acceptors (Lipinski definition) is 3. The highest BCUT2D eigenvalue weighted by atomic mass is 16.6. The van der Waals surface area contributed by atoms with Crippen LogP contribution in [-0.4, -0.2) is 10.7 Å². The lowest BCUT2D eigenvalue weighted by molar-refractivity contribution is -0.385. The van der Waals surface area contributed by atoms with Crippen molar-refractivity contribution in [2.24, 2.45) is 0 Å². The first-order valence-electron chi connectivity index (χ1n) is 7.10. The summed E-state index contributed by atoms with van der Waals surface area (Å²) in [5.74, 6) is -0.181. The number of carbonyl (C=O) groups is 1. The first kappa shape index (κ1) is 14.7. The molecule has 0 radical (unpaired) electrons. The first-order chi connectivity index (χ1) is 11.2. The molecule has 0 aliphatic carbocycles. The second-order valence-electron chi connectivity index (χ2n) is 5.04. The van der Waals surface area contributed by atoms with Crippen LogP contribution in [0.2, 0.25) is 0 Å². The summed E-state index contributed by atoms with van der Waals surface area (Å²) in [6.07, 6.45) is 2.87. The Morgan fingerprint density at radius 1 is 0.913 bits per heavy atom. The number of nitro benzene ring substituents is 1. The molecule has 4 nitrogen and oxygen atoms in total. The van der Waals surface area contributed by atoms with E-state index in [4.69, 9.17) is 0 Å². The minimum Gasteiger partial charge on any atom is -0.289 e. The van der Waals surface area contributed by atoms with Gasteiger partial charge < -0.3 is 0 Å². The first-order valence-corrected chi connectivity index (χ1v) is 7.10. The van der Waals surface area contributed by atoms with Gasteiger partial charge in [-0.1, -0.05) is 54.6 Å². The van der Waals surface area contributed by atoms with E-state index < -0.39 is 4.92 Å². The lowest BCUT2D eigenvalue weighted by atomic mass is 10.0. The Morgan fingerprint density at radius 2 is 1.61 bits per heavy atom. The predicted octanol–water partition coefficient (Wildman–Crippen LogP) is 4.64. The molecule has 0 bridgehead atoms. The van der Waals surface area contributed by atoms with Crippen molar-refractivity contribution in [3.63, 3.8) is 0 Å². The standard InChI is InChI=1S/C19H13NO3/c21-19(13-12-15-7-2-4-11-18(15)20(22)23)17-10-5-8-14-6-1-3-9-16(14)17/h1-13H. The van der Waals surface area contributed by atoms with Gasteiger partial charge in [-0.05, 0) is 29.0 Å². The predicted molar refractivity (Wildman–Crippen MR) is 90.4 cm³/mol. The zero-order valence-electron chi connectivity index (χ0n) is 12.2. The van der Waals surface area contributed by atoms with Crippen LogP contribution in [0.1, 0.15) is 15.9 Å². The minimum absolute atomic E-state index is 0.0190. The van der Waals surface area contributed by atoms with Crippen molar-refractivity contribution in [2.45, 2.75) is 0 Å². The van der Waals surface area contributed by atoms with Crippen LogP contribution < -0.4 is 0 Å². The molecule has 23 heavy (non-hydrogen) atoms. The summed E-state index contributed by atoms with van der Waals surface area (Å²) >= 11 is 0. The molecular weight excluding hydrogens is 290 g/mol. The third-order valence-corrected chi connectivity index (χ3v) is 3.60. The number of allylic oxidation sites excluding steroid dienone is 1. The molecule has 0 aromatic heterocycles. The average Bonchev–Trinajstić information content (AvgIpc) is 2.59. The van der Waals surface area contributed by atoms with Gasteiger partial charge in [0, 0.05) is 11.6 Å². The molecule has 3 aromatic rings. The van der Waals surface area contributed by atoms with Crippen LogP contribution in [-0.2, 0) is 0 Å². The SMILES string of the molecule is O=C(C=Cc1ccccc1[N+](=O)[O-])c1cccc2ccccc12. The Kier molecular flexibility index (Phi) is 3.97. The van der Waals surface area contributed by atoms with Crippen molar-refractivity contribution < 1.29 is 9.72 Å². The molecule has 0 atom stereocenters. The fraction of sp³-hybridized carbons (Fsp3) is 0. The summed E-state index contributed by atoms with van der Waals surface area (Å²) in [6.45, 7) is 0. The Labute approximate surface area is 132 Å². The van der Waals surface area contributed by atoms with Gasteiger partial charge >= 0.3 is 0 Å². The maximum Gasteiger partial charge on any atom is 0.276 e. The number of ketones is 1. The van der Waals surface area contributed by atoms with Crippen molar-refractivity contribution in [1.29, 1.82) is 0 Å². The highest BCUT2D eigenvalue weighted by Crippen LogP contribution is 2.22. The van der Waals surface area contributed by atoms with Gasteiger partial charge in [0.2, 0.25) is 0 Å². The van der Waals surface area contributed by atoms with Crippen molar-refractivity contribution in [1.82, 2.24) is 0 Å². The number of rotatable bonds is 4. The third kappa shape index (κ3) is 3.01. The largest absolute Gasteiger partial charge is 0.289 e. The molecule has 0 amide bonds. The Bertz CT molecular complexity index is 923. The molecule has 0 unspecified atom stereocenters. The maximum absolute atomic E-state index is 12.5. The fourth-order valence-electron chi connectivity index (χ4n) is 2.49. The van der Waals surface area contributed by atoms with Crippen molar-refractivity contribution in [3.05, 3.63) is 94.0 Å². The molecule has 0 saturated heterocycles. The second-order valence-corrected chi connectivity index (χ2v) is 5.04. The lowest BCUT2D eigenvalue weighted by Crippen LogP contribution is -1.96. The minimum atomic E-state index is -0.456. The molecule has 0 saturated carbocycles. The number of hydrogen-bond donors (Lipinski definition) is 0. The van der Waals surface area contributed by atoms with E-state index in [-0.39, 0.29) is 11.5 Å². The number of carbonyl (C=O) groups excluding carboxylic acids is 1. The topological polar surface area (TPSA) is 60.2 Å². The Balaban J connectivity index is 1.97. The number of nitrogens with zero attached hydrogens (tertiary/aromatic N) is 1. The highest BCUT2D eigenvalue weighted by Gasteiger charge is 2.11. The molecular formula is C19H13NO3. The zero-order valence-corrected chi connectivity index (χ0v) is 12.2. The van der Waals surface area contributed by atoms with Gasteiger partial charge in [-0.3, -0.25) is 14.9 Å². The monoisotopic (exact) mass is 303 g/mol. The maximum atomic E-state index is 12.5. The van der Waals surface area contributed by atoms with Crippen LogP contribution in [0.3, 0.4) is 0 Å². The molecule has 0 aliphatic heterocycles. The summed E-state index contributed by atoms with van der Waals surface area (Å²) in [5, 5.41) is 12.8. The molecule has 0 heterocycles. The van der Waals surface area contributed by atoms with Crippen molar-refractivity contribution in [2.75, 3.05) is 0 Å². The summed E-state index contributed by atoms with van der Waals surface area (Å²) in [5.41, 5.74) is 0.971. The summed E-state index contributed by atoms with van der Waals surface area (Å²) in [4.78, 5) is 23.0. The van der Waals surface area contributed by atoms with E-state index in [0.29, 0.717) is 11.1 Å². The molecule has 4 heteroatoms. The molecule has 3 rings (SSSR count). The summed E-state index contributed by atoms with van der Waals surface area (Å²) in [6, 6.07) is 19.5. The van der Waals surface area contributed by atoms with Crippen molar-refractivity contribution >= 4 is 28.3 Å². The number of benzene rings is 3. The van der Waals surface area contributed by atoms with E-state index >= 15 is 0 Å². The van der Waals surface area contributed by atoms with Gasteiger partial charge in [-0.25, -0.2) is 0 Å². The van der Waals surface area contributed by atoms with Crippen LogP contribution in [0.15, 0.2) is 72.8 Å². The Morgan fingerprint density at radius 3 is 2.43 bits per heavy atom. The van der Waals surface area contributed by atoms with E-state index in [1.165, 1.54) is 18.2 Å². The highest BCUT2D eigenvalue weighted by molar-refractivity contribution is 6.14. The van der Waals surface area contributed by atoms with Crippen LogP contribution in [0.5, 0.6) is 0 Å². The van der Waals surface area contributed by atoms with Crippen LogP contribution >= 0.6 is 0 Å². The number of fused-ring (bicyclic) bond motifs is 1. The van der Waals surface area contributed by atoms with Gasteiger partial charge in [0.15, 0.2) is 5.78 Å². The fourth-order valence-corrected chi connectivity index (χ4v) is 2.49. The molecule has 112 valence electrons. The van der Waals surface area contributed by atoms with Gasteiger partial charge in [-0.15, -0.1) is 0 Å². The lowest BCUT2D eigenvalue weighted by Gasteiger charge is -2.03. The van der Waals surface area contributed by atoms with Gasteiger partial charge in [-0.2, -0.15) is 0 Å². The normalized spacial score (nSPS) is 11.0. The van der Waals surface area contributed by atoms with E-state index in [1.54, 1.807) is 24.3 Å². The molecule has 0 aliphatic rings. The molecule has 3 aromatic carbocycles. The van der Waals surface area contributed by atoms with Crippen LogP contribution in [0, 0.1) is 10.1 Å². The van der Waals surface area contributed by atoms with Crippen LogP contribution in [0.25, 0.3) is 16.8 Å². The molecule has 0 N–H and O–H groups in total. The van der Waals surface area contributed by atoms with Gasteiger partial charge in [0.1, 0.15) is 0 Å². The van der Waals surface area contributed by atoms with Crippen LogP contribution in [0.4, 0.5) is 5.69 Å². The van der Waals surface area contributed by atoms with Gasteiger partial charge in [0.25, 0.3) is 5.69 Å². The number of para-hydroxylation sites is 1. The quantitative estimate of drug-likeness (QED) is 0.305. The third-order valence-electron chi connectivity index (χ3n) is 3.60. The second kappa shape index (κ2) is 6.23. The van der Waals surface area contributed by atoms with E-state index in [1.807, 2.05) is 36.4 Å². The summed E-state index contributed by atoms with van der Waals surface area (Å²) in [7, 11) is 0. The van der Waals surface area contributed by atoms with E-state index in [0.717, 1.165) is 10.8 Å².